The molecule has 0 saturated heterocycles. The number of alkyl halides is 3. The summed E-state index contributed by atoms with van der Waals surface area (Å²) >= 11 is 0. The summed E-state index contributed by atoms with van der Waals surface area (Å²) in [6, 6.07) is 1.96. The van der Waals surface area contributed by atoms with Crippen LogP contribution in [0.5, 0.6) is 0 Å². The van der Waals surface area contributed by atoms with Gasteiger partial charge in [0.2, 0.25) is 0 Å². The van der Waals surface area contributed by atoms with Gasteiger partial charge in [0, 0.05) is 13.6 Å². The summed E-state index contributed by atoms with van der Waals surface area (Å²) in [6.45, 7) is 3.14. The van der Waals surface area contributed by atoms with Gasteiger partial charge in [-0.2, -0.15) is 23.5 Å². The Hall–Kier alpha value is -1.84. The monoisotopic (exact) mass is 258 g/mol. The van der Waals surface area contributed by atoms with Crippen LogP contribution in [0.15, 0.2) is 0 Å². The van der Waals surface area contributed by atoms with Crippen LogP contribution in [0.2, 0.25) is 0 Å². The molecule has 98 valence electrons. The van der Waals surface area contributed by atoms with Crippen LogP contribution in [0.1, 0.15) is 23.2 Å². The van der Waals surface area contributed by atoms with Crippen LogP contribution in [0.25, 0.3) is 0 Å². The first-order chi connectivity index (χ1) is 8.26. The molecule has 0 aromatic carbocycles. The van der Waals surface area contributed by atoms with Gasteiger partial charge in [0.15, 0.2) is 5.82 Å². The van der Waals surface area contributed by atoms with Crippen molar-refractivity contribution in [3.05, 3.63) is 16.8 Å². The molecule has 1 heterocycles. The maximum Gasteiger partial charge on any atom is 0.390 e. The van der Waals surface area contributed by atoms with Crippen molar-refractivity contribution in [1.82, 2.24) is 10.2 Å². The molecule has 0 aliphatic rings. The summed E-state index contributed by atoms with van der Waals surface area (Å²) in [5.74, 6) is 0.185. The van der Waals surface area contributed by atoms with E-state index in [0.717, 1.165) is 0 Å². The minimum Gasteiger partial charge on any atom is -0.357 e. The Morgan fingerprint density at radius 2 is 1.89 bits per heavy atom. The molecule has 0 N–H and O–H groups in total. The molecule has 0 aliphatic carbocycles. The molecular formula is C11H13F3N4. The van der Waals surface area contributed by atoms with E-state index in [1.165, 1.54) is 11.9 Å². The van der Waals surface area contributed by atoms with Crippen molar-refractivity contribution in [2.75, 3.05) is 18.5 Å². The molecule has 0 atom stereocenters. The lowest BCUT2D eigenvalue weighted by Crippen LogP contribution is -2.26. The maximum atomic E-state index is 12.1. The van der Waals surface area contributed by atoms with E-state index in [2.05, 4.69) is 10.2 Å². The quantitative estimate of drug-likeness (QED) is 0.835. The highest BCUT2D eigenvalue weighted by Gasteiger charge is 2.28. The van der Waals surface area contributed by atoms with Crippen LogP contribution in [0.4, 0.5) is 19.0 Å². The van der Waals surface area contributed by atoms with Gasteiger partial charge in [-0.1, -0.05) is 0 Å². The molecule has 4 nitrogen and oxygen atoms in total. The number of hydrogen-bond acceptors (Lipinski definition) is 4. The Kier molecular flexibility index (Phi) is 4.11. The number of hydrogen-bond donors (Lipinski definition) is 0. The average Bonchev–Trinajstić information content (AvgIpc) is 2.28. The molecule has 0 amide bonds. The molecule has 1 aromatic heterocycles. The van der Waals surface area contributed by atoms with E-state index in [-0.39, 0.29) is 17.9 Å². The smallest absolute Gasteiger partial charge is 0.357 e. The first-order valence-electron chi connectivity index (χ1n) is 5.28. The molecule has 0 aliphatic heterocycles. The second-order valence-corrected chi connectivity index (χ2v) is 4.01. The third-order valence-corrected chi connectivity index (χ3v) is 2.64. The van der Waals surface area contributed by atoms with Gasteiger partial charge in [0.1, 0.15) is 11.6 Å². The Bertz CT molecular complexity index is 476. The molecule has 0 fully saturated rings. The molecule has 0 bridgehead atoms. The fourth-order valence-corrected chi connectivity index (χ4v) is 1.40. The van der Waals surface area contributed by atoms with E-state index in [4.69, 9.17) is 5.26 Å². The van der Waals surface area contributed by atoms with Crippen molar-refractivity contribution in [2.45, 2.75) is 26.4 Å². The van der Waals surface area contributed by atoms with Crippen LogP contribution in [-0.4, -0.2) is 30.0 Å². The summed E-state index contributed by atoms with van der Waals surface area (Å²) in [4.78, 5) is 1.30. The minimum absolute atomic E-state index is 0.185. The van der Waals surface area contributed by atoms with Crippen LogP contribution in [0.3, 0.4) is 0 Å². The molecule has 0 spiro atoms. The molecular weight excluding hydrogens is 245 g/mol. The van der Waals surface area contributed by atoms with Gasteiger partial charge in [0.05, 0.1) is 12.1 Å². The SMILES string of the molecule is Cc1nnc(N(C)CCC(F)(F)F)c(C#N)c1C. The molecule has 0 radical (unpaired) electrons. The molecule has 0 unspecified atom stereocenters. The van der Waals surface area contributed by atoms with Crippen LogP contribution >= 0.6 is 0 Å². The fourth-order valence-electron chi connectivity index (χ4n) is 1.40. The van der Waals surface area contributed by atoms with Crippen molar-refractivity contribution in [2.24, 2.45) is 0 Å². The van der Waals surface area contributed by atoms with E-state index in [1.807, 2.05) is 6.07 Å². The number of rotatable bonds is 3. The summed E-state index contributed by atoms with van der Waals surface area (Å²) in [5.41, 5.74) is 1.51. The van der Waals surface area contributed by atoms with E-state index in [9.17, 15) is 13.2 Å². The van der Waals surface area contributed by atoms with Gasteiger partial charge in [0.25, 0.3) is 0 Å². The van der Waals surface area contributed by atoms with Crippen LogP contribution in [-0.2, 0) is 0 Å². The Balaban J connectivity index is 2.97. The zero-order chi connectivity index (χ0) is 13.9. The normalized spacial score (nSPS) is 11.2. The van der Waals surface area contributed by atoms with Gasteiger partial charge in [-0.05, 0) is 19.4 Å². The van der Waals surface area contributed by atoms with Crippen molar-refractivity contribution in [3.63, 3.8) is 0 Å². The van der Waals surface area contributed by atoms with Gasteiger partial charge in [-0.3, -0.25) is 0 Å². The van der Waals surface area contributed by atoms with Crippen molar-refractivity contribution in [1.29, 1.82) is 5.26 Å². The third kappa shape index (κ3) is 3.32. The number of anilines is 1. The summed E-state index contributed by atoms with van der Waals surface area (Å²) in [6.07, 6.45) is -5.18. The van der Waals surface area contributed by atoms with Crippen molar-refractivity contribution >= 4 is 5.82 Å². The highest BCUT2D eigenvalue weighted by Crippen LogP contribution is 2.23. The standard InChI is InChI=1S/C11H13F3N4/c1-7-8(2)16-17-10(9(7)6-15)18(3)5-4-11(12,13)14/h4-5H2,1-3H3. The first-order valence-corrected chi connectivity index (χ1v) is 5.28. The lowest BCUT2D eigenvalue weighted by atomic mass is 10.1. The van der Waals surface area contributed by atoms with E-state index in [0.29, 0.717) is 11.3 Å². The second-order valence-electron chi connectivity index (χ2n) is 4.01. The van der Waals surface area contributed by atoms with Gasteiger partial charge in [-0.25, -0.2) is 0 Å². The highest BCUT2D eigenvalue weighted by atomic mass is 19.4. The van der Waals surface area contributed by atoms with Gasteiger partial charge < -0.3 is 4.90 Å². The van der Waals surface area contributed by atoms with Crippen molar-refractivity contribution < 1.29 is 13.2 Å². The average molecular weight is 258 g/mol. The summed E-state index contributed by atoms with van der Waals surface area (Å²) in [7, 11) is 1.46. The summed E-state index contributed by atoms with van der Waals surface area (Å²) < 4.78 is 36.4. The Labute approximate surface area is 103 Å². The molecule has 1 rings (SSSR count). The molecule has 18 heavy (non-hydrogen) atoms. The van der Waals surface area contributed by atoms with Crippen LogP contribution in [0, 0.1) is 25.2 Å². The molecule has 7 heteroatoms. The van der Waals surface area contributed by atoms with E-state index >= 15 is 0 Å². The zero-order valence-corrected chi connectivity index (χ0v) is 10.3. The highest BCUT2D eigenvalue weighted by molar-refractivity contribution is 5.57. The predicted octanol–water partition coefficient (Wildman–Crippen LogP) is 2.35. The van der Waals surface area contributed by atoms with E-state index < -0.39 is 12.6 Å². The number of nitrogens with zero attached hydrogens (tertiary/aromatic N) is 4. The lowest BCUT2D eigenvalue weighted by molar-refractivity contribution is -0.132. The first kappa shape index (κ1) is 14.2. The van der Waals surface area contributed by atoms with Gasteiger partial charge in [-0.15, -0.1) is 5.10 Å². The number of aryl methyl sites for hydroxylation is 1. The number of halogens is 3. The minimum atomic E-state index is -4.23. The summed E-state index contributed by atoms with van der Waals surface area (Å²) in [5, 5.41) is 16.7. The molecule has 1 aromatic rings. The lowest BCUT2D eigenvalue weighted by Gasteiger charge is -2.20. The predicted molar refractivity (Wildman–Crippen MR) is 60.2 cm³/mol. The van der Waals surface area contributed by atoms with E-state index in [1.54, 1.807) is 13.8 Å². The topological polar surface area (TPSA) is 52.8 Å². The number of nitriles is 1. The number of aromatic nitrogens is 2. The largest absolute Gasteiger partial charge is 0.390 e. The second kappa shape index (κ2) is 5.21. The van der Waals surface area contributed by atoms with Gasteiger partial charge >= 0.3 is 6.18 Å². The van der Waals surface area contributed by atoms with Crippen molar-refractivity contribution in [3.8, 4) is 6.07 Å². The fraction of sp³-hybridized carbons (Fsp3) is 0.545. The maximum absolute atomic E-state index is 12.1. The third-order valence-electron chi connectivity index (χ3n) is 2.64. The Morgan fingerprint density at radius 1 is 1.28 bits per heavy atom. The molecule has 0 saturated carbocycles. The zero-order valence-electron chi connectivity index (χ0n) is 10.3. The van der Waals surface area contributed by atoms with Crippen LogP contribution < -0.4 is 4.90 Å². The Morgan fingerprint density at radius 3 is 2.39 bits per heavy atom.